The maximum atomic E-state index is 11.5. The van der Waals surface area contributed by atoms with E-state index in [1.54, 1.807) is 30.3 Å². The average Bonchev–Trinajstić information content (AvgIpc) is 2.53. The summed E-state index contributed by atoms with van der Waals surface area (Å²) in [5, 5.41) is 10.3. The Morgan fingerprint density at radius 1 is 1.13 bits per heavy atom. The lowest BCUT2D eigenvalue weighted by Gasteiger charge is -2.06. The lowest BCUT2D eigenvalue weighted by Crippen LogP contribution is -2.18. The molecule has 1 aromatic heterocycles. The largest absolute Gasteiger partial charge is 0.372 e. The van der Waals surface area contributed by atoms with Gasteiger partial charge in [-0.25, -0.2) is 8.42 Å². The number of amides is 1. The number of rotatable bonds is 6. The quantitative estimate of drug-likeness (QED) is 0.859. The van der Waals surface area contributed by atoms with Crippen LogP contribution in [-0.4, -0.2) is 44.0 Å². The van der Waals surface area contributed by atoms with E-state index in [2.05, 4.69) is 15.5 Å². The highest BCUT2D eigenvalue weighted by Crippen LogP contribution is 2.19. The number of nitrogens with zero attached hydrogens (tertiary/aromatic N) is 2. The number of nitrogens with one attached hydrogen (secondary N) is 1. The molecule has 1 amide bonds. The number of carbonyl (C=O) groups is 1. The zero-order chi connectivity index (χ0) is 16.9. The minimum Gasteiger partial charge on any atom is -0.372 e. The van der Waals surface area contributed by atoms with Gasteiger partial charge in [0.1, 0.15) is 6.61 Å². The van der Waals surface area contributed by atoms with Crippen LogP contribution in [0.15, 0.2) is 41.4 Å². The van der Waals surface area contributed by atoms with E-state index in [9.17, 15) is 13.2 Å². The van der Waals surface area contributed by atoms with Crippen LogP contribution in [0.5, 0.6) is 0 Å². The monoisotopic (exact) mass is 335 g/mol. The third-order valence-corrected chi connectivity index (χ3v) is 3.90. The fourth-order valence-corrected chi connectivity index (χ4v) is 2.29. The Morgan fingerprint density at radius 3 is 2.35 bits per heavy atom. The first kappa shape index (κ1) is 17.0. The topological polar surface area (TPSA) is 98.2 Å². The number of benzene rings is 1. The van der Waals surface area contributed by atoms with Crippen LogP contribution in [0.2, 0.25) is 0 Å². The van der Waals surface area contributed by atoms with Crippen molar-refractivity contribution in [3.63, 3.8) is 0 Å². The minimum atomic E-state index is -3.36. The summed E-state index contributed by atoms with van der Waals surface area (Å²) in [6, 6.07) is 9.99. The second-order valence-electron chi connectivity index (χ2n) is 4.79. The molecule has 0 fully saturated rings. The summed E-state index contributed by atoms with van der Waals surface area (Å²) in [4.78, 5) is 11.5. The van der Waals surface area contributed by atoms with Crippen LogP contribution in [0.4, 0.5) is 5.69 Å². The zero-order valence-electron chi connectivity index (χ0n) is 12.8. The van der Waals surface area contributed by atoms with Crippen LogP contribution < -0.4 is 5.32 Å². The van der Waals surface area contributed by atoms with Crippen LogP contribution in [0.3, 0.4) is 0 Å². The molecule has 2 aromatic rings. The third kappa shape index (κ3) is 4.83. The predicted octanol–water partition coefficient (Wildman–Crippen LogP) is 1.52. The Morgan fingerprint density at radius 2 is 1.83 bits per heavy atom. The van der Waals surface area contributed by atoms with E-state index in [4.69, 9.17) is 4.74 Å². The summed E-state index contributed by atoms with van der Waals surface area (Å²) in [6.45, 7) is 2.31. The van der Waals surface area contributed by atoms with Crippen LogP contribution in [0.25, 0.3) is 11.3 Å². The van der Waals surface area contributed by atoms with Gasteiger partial charge in [0.25, 0.3) is 0 Å². The molecule has 0 radical (unpaired) electrons. The highest BCUT2D eigenvalue weighted by molar-refractivity contribution is 7.90. The molecule has 0 spiro atoms. The van der Waals surface area contributed by atoms with Gasteiger partial charge < -0.3 is 10.1 Å². The second-order valence-corrected chi connectivity index (χ2v) is 6.75. The van der Waals surface area contributed by atoms with Crippen LogP contribution >= 0.6 is 0 Å². The third-order valence-electron chi connectivity index (χ3n) is 2.92. The molecule has 1 N–H and O–H groups in total. The normalized spacial score (nSPS) is 11.2. The minimum absolute atomic E-state index is 0.0106. The van der Waals surface area contributed by atoms with E-state index < -0.39 is 9.84 Å². The van der Waals surface area contributed by atoms with Crippen molar-refractivity contribution in [3.05, 3.63) is 36.4 Å². The summed E-state index contributed by atoms with van der Waals surface area (Å²) in [5.74, 6) is -0.225. The molecule has 122 valence electrons. The van der Waals surface area contributed by atoms with E-state index in [0.717, 1.165) is 11.8 Å². The Hall–Kier alpha value is -2.32. The fourth-order valence-electron chi connectivity index (χ4n) is 1.79. The van der Waals surface area contributed by atoms with Crippen molar-refractivity contribution in [2.24, 2.45) is 0 Å². The summed E-state index contributed by atoms with van der Waals surface area (Å²) < 4.78 is 27.7. The number of hydrogen-bond acceptors (Lipinski definition) is 6. The molecule has 0 aliphatic rings. The SMILES string of the molecule is CCOCC(=O)Nc1ccc(-c2ccc(S(C)(=O)=O)nn2)cc1. The van der Waals surface area contributed by atoms with Gasteiger partial charge in [0.15, 0.2) is 14.9 Å². The Balaban J connectivity index is 2.09. The van der Waals surface area contributed by atoms with Crippen molar-refractivity contribution in [3.8, 4) is 11.3 Å². The number of hydrogen-bond donors (Lipinski definition) is 1. The zero-order valence-corrected chi connectivity index (χ0v) is 13.6. The van der Waals surface area contributed by atoms with Crippen molar-refractivity contribution < 1.29 is 17.9 Å². The van der Waals surface area contributed by atoms with Crippen molar-refractivity contribution >= 4 is 21.4 Å². The van der Waals surface area contributed by atoms with Crippen molar-refractivity contribution in [2.75, 3.05) is 24.8 Å². The number of ether oxygens (including phenoxy) is 1. The van der Waals surface area contributed by atoms with E-state index >= 15 is 0 Å². The van der Waals surface area contributed by atoms with Crippen molar-refractivity contribution in [1.82, 2.24) is 10.2 Å². The number of aromatic nitrogens is 2. The van der Waals surface area contributed by atoms with E-state index in [1.807, 2.05) is 6.92 Å². The van der Waals surface area contributed by atoms with Crippen molar-refractivity contribution in [2.45, 2.75) is 11.9 Å². The molecule has 0 saturated heterocycles. The summed E-state index contributed by atoms with van der Waals surface area (Å²) in [7, 11) is -3.36. The standard InChI is InChI=1S/C15H17N3O4S/c1-3-22-10-14(19)16-12-6-4-11(5-7-12)13-8-9-15(18-17-13)23(2,20)21/h4-9H,3,10H2,1-2H3,(H,16,19). The molecule has 0 saturated carbocycles. The molecular weight excluding hydrogens is 318 g/mol. The second kappa shape index (κ2) is 7.30. The molecule has 0 aliphatic carbocycles. The van der Waals surface area contributed by atoms with E-state index in [-0.39, 0.29) is 17.5 Å². The van der Waals surface area contributed by atoms with Gasteiger partial charge in [0, 0.05) is 24.1 Å². The van der Waals surface area contributed by atoms with Gasteiger partial charge in [-0.05, 0) is 31.2 Å². The molecule has 0 bridgehead atoms. The fraction of sp³-hybridized carbons (Fsp3) is 0.267. The number of anilines is 1. The lowest BCUT2D eigenvalue weighted by atomic mass is 10.1. The van der Waals surface area contributed by atoms with Crippen LogP contribution in [0.1, 0.15) is 6.92 Å². The molecule has 1 aromatic carbocycles. The Labute approximate surface area is 134 Å². The first-order valence-electron chi connectivity index (χ1n) is 6.92. The van der Waals surface area contributed by atoms with Crippen molar-refractivity contribution in [1.29, 1.82) is 0 Å². The number of sulfone groups is 1. The molecule has 0 unspecified atom stereocenters. The maximum Gasteiger partial charge on any atom is 0.250 e. The first-order chi connectivity index (χ1) is 10.9. The Kier molecular flexibility index (Phi) is 5.41. The summed E-state index contributed by atoms with van der Waals surface area (Å²) in [6.07, 6.45) is 1.08. The molecule has 0 atom stereocenters. The maximum absolute atomic E-state index is 11.5. The van der Waals surface area contributed by atoms with Gasteiger partial charge in [-0.3, -0.25) is 4.79 Å². The molecule has 7 nitrogen and oxygen atoms in total. The van der Waals surface area contributed by atoms with E-state index in [1.165, 1.54) is 6.07 Å². The van der Waals surface area contributed by atoms with Gasteiger partial charge >= 0.3 is 0 Å². The molecule has 8 heteroatoms. The van der Waals surface area contributed by atoms with Gasteiger partial charge in [0.2, 0.25) is 5.91 Å². The molecule has 23 heavy (non-hydrogen) atoms. The lowest BCUT2D eigenvalue weighted by molar-refractivity contribution is -0.120. The molecule has 2 rings (SSSR count). The molecule has 0 aliphatic heterocycles. The highest BCUT2D eigenvalue weighted by Gasteiger charge is 2.10. The Bertz CT molecular complexity index is 771. The van der Waals surface area contributed by atoms with Gasteiger partial charge in [-0.1, -0.05) is 12.1 Å². The first-order valence-corrected chi connectivity index (χ1v) is 8.81. The van der Waals surface area contributed by atoms with E-state index in [0.29, 0.717) is 18.0 Å². The van der Waals surface area contributed by atoms with Gasteiger partial charge in [0.05, 0.1) is 5.69 Å². The average molecular weight is 335 g/mol. The number of carbonyl (C=O) groups excluding carboxylic acids is 1. The van der Waals surface area contributed by atoms with Gasteiger partial charge in [-0.2, -0.15) is 0 Å². The molecule has 1 heterocycles. The van der Waals surface area contributed by atoms with Crippen LogP contribution in [-0.2, 0) is 19.4 Å². The highest BCUT2D eigenvalue weighted by atomic mass is 32.2. The van der Waals surface area contributed by atoms with Gasteiger partial charge in [-0.15, -0.1) is 10.2 Å². The smallest absolute Gasteiger partial charge is 0.250 e. The van der Waals surface area contributed by atoms with Crippen LogP contribution in [0, 0.1) is 0 Å². The molecular formula is C15H17N3O4S. The predicted molar refractivity (Wildman–Crippen MR) is 85.7 cm³/mol. The summed E-state index contributed by atoms with van der Waals surface area (Å²) >= 11 is 0. The summed E-state index contributed by atoms with van der Waals surface area (Å²) in [5.41, 5.74) is 1.95.